The van der Waals surface area contributed by atoms with Crippen molar-refractivity contribution < 1.29 is 4.79 Å². The molecule has 1 aliphatic rings. The Labute approximate surface area is 172 Å². The first kappa shape index (κ1) is 19.6. The van der Waals surface area contributed by atoms with E-state index in [1.165, 1.54) is 36.9 Å². The zero-order valence-corrected chi connectivity index (χ0v) is 17.2. The molecule has 1 aromatic heterocycles. The number of likely N-dealkylation sites (tertiary alicyclic amines) is 1. The summed E-state index contributed by atoms with van der Waals surface area (Å²) in [6, 6.07) is 17.1. The molecular weight excluding hydrogens is 360 g/mol. The van der Waals surface area contributed by atoms with Crippen LogP contribution in [-0.2, 0) is 24.3 Å². The summed E-state index contributed by atoms with van der Waals surface area (Å²) < 4.78 is 0. The maximum atomic E-state index is 12.4. The number of amides is 1. The van der Waals surface area contributed by atoms with Crippen molar-refractivity contribution in [2.45, 2.75) is 58.2 Å². The third kappa shape index (κ3) is 5.04. The predicted octanol–water partition coefficient (Wildman–Crippen LogP) is 4.19. The Kier molecular flexibility index (Phi) is 6.25. The van der Waals surface area contributed by atoms with Crippen LogP contribution in [0, 0.1) is 0 Å². The van der Waals surface area contributed by atoms with Crippen molar-refractivity contribution in [3.8, 4) is 0 Å². The molecule has 2 heterocycles. The Morgan fingerprint density at radius 1 is 1.14 bits per heavy atom. The Bertz CT molecular complexity index is 931. The summed E-state index contributed by atoms with van der Waals surface area (Å²) in [6.07, 6.45) is 4.95. The minimum absolute atomic E-state index is 0.0617. The maximum absolute atomic E-state index is 12.4. The third-order valence-corrected chi connectivity index (χ3v) is 5.94. The number of carbonyl (C=O) groups is 1. The van der Waals surface area contributed by atoms with Crippen molar-refractivity contribution in [3.63, 3.8) is 0 Å². The molecule has 0 bridgehead atoms. The summed E-state index contributed by atoms with van der Waals surface area (Å²) in [7, 11) is 0. The van der Waals surface area contributed by atoms with E-state index in [1.807, 2.05) is 24.3 Å². The third-order valence-electron chi connectivity index (χ3n) is 5.94. The number of rotatable bonds is 7. The second-order valence-corrected chi connectivity index (χ2v) is 8.06. The number of hydrogen-bond donors (Lipinski definition) is 2. The zero-order valence-electron chi connectivity index (χ0n) is 17.2. The van der Waals surface area contributed by atoms with Gasteiger partial charge in [-0.25, -0.2) is 4.98 Å². The van der Waals surface area contributed by atoms with Crippen LogP contribution in [0.5, 0.6) is 0 Å². The standard InChI is InChI=1S/C24H30N4O/c1-18-8-6-7-15-28(18)17-20-10-3-2-9-19(20)16-25-24(29)14-13-23-26-21-11-4-5-12-22(21)27-23/h2-5,9-12,18H,6-8,13-17H2,1H3,(H,25,29)(H,26,27)/t18-/m1/s1. The van der Waals surface area contributed by atoms with E-state index >= 15 is 0 Å². The van der Waals surface area contributed by atoms with Gasteiger partial charge in [-0.1, -0.05) is 42.8 Å². The molecule has 5 nitrogen and oxygen atoms in total. The van der Waals surface area contributed by atoms with Gasteiger partial charge in [0.05, 0.1) is 11.0 Å². The number of fused-ring (bicyclic) bond motifs is 1. The van der Waals surface area contributed by atoms with Crippen molar-refractivity contribution in [2.75, 3.05) is 6.54 Å². The lowest BCUT2D eigenvalue weighted by molar-refractivity contribution is -0.121. The Hall–Kier alpha value is -2.66. The lowest BCUT2D eigenvalue weighted by atomic mass is 10.0. The topological polar surface area (TPSA) is 61.0 Å². The minimum atomic E-state index is 0.0617. The summed E-state index contributed by atoms with van der Waals surface area (Å²) in [5, 5.41) is 3.09. The van der Waals surface area contributed by atoms with Gasteiger partial charge in [0, 0.05) is 32.0 Å². The van der Waals surface area contributed by atoms with Crippen LogP contribution >= 0.6 is 0 Å². The average molecular weight is 391 g/mol. The van der Waals surface area contributed by atoms with Crippen molar-refractivity contribution in [1.82, 2.24) is 20.2 Å². The van der Waals surface area contributed by atoms with E-state index in [1.54, 1.807) is 0 Å². The molecule has 2 aromatic carbocycles. The highest BCUT2D eigenvalue weighted by molar-refractivity contribution is 5.77. The monoisotopic (exact) mass is 390 g/mol. The number of benzene rings is 2. The zero-order chi connectivity index (χ0) is 20.1. The molecule has 1 aliphatic heterocycles. The molecule has 5 heteroatoms. The molecule has 0 aliphatic carbocycles. The highest BCUT2D eigenvalue weighted by Gasteiger charge is 2.19. The molecule has 1 amide bonds. The first-order chi connectivity index (χ1) is 14.2. The van der Waals surface area contributed by atoms with E-state index in [-0.39, 0.29) is 5.91 Å². The molecule has 4 rings (SSSR count). The molecule has 2 N–H and O–H groups in total. The fraction of sp³-hybridized carbons (Fsp3) is 0.417. The molecule has 1 atom stereocenters. The molecule has 29 heavy (non-hydrogen) atoms. The number of nitrogens with zero attached hydrogens (tertiary/aromatic N) is 2. The summed E-state index contributed by atoms with van der Waals surface area (Å²) in [6.45, 7) is 5.03. The van der Waals surface area contributed by atoms with Gasteiger partial charge in [0.2, 0.25) is 5.91 Å². The Balaban J connectivity index is 1.30. The highest BCUT2D eigenvalue weighted by Crippen LogP contribution is 2.21. The number of piperidine rings is 1. The fourth-order valence-corrected chi connectivity index (χ4v) is 4.13. The van der Waals surface area contributed by atoms with Crippen LogP contribution in [0.15, 0.2) is 48.5 Å². The van der Waals surface area contributed by atoms with Crippen LogP contribution in [-0.4, -0.2) is 33.4 Å². The van der Waals surface area contributed by atoms with Gasteiger partial charge in [0.15, 0.2) is 0 Å². The van der Waals surface area contributed by atoms with E-state index in [0.717, 1.165) is 23.4 Å². The van der Waals surface area contributed by atoms with Gasteiger partial charge < -0.3 is 10.3 Å². The molecule has 0 spiro atoms. The van der Waals surface area contributed by atoms with Gasteiger partial charge in [0.25, 0.3) is 0 Å². The van der Waals surface area contributed by atoms with Crippen molar-refractivity contribution in [1.29, 1.82) is 0 Å². The van der Waals surface area contributed by atoms with E-state index in [4.69, 9.17) is 0 Å². The van der Waals surface area contributed by atoms with Crippen LogP contribution in [0.2, 0.25) is 0 Å². The summed E-state index contributed by atoms with van der Waals surface area (Å²) in [5.74, 6) is 0.924. The molecule has 0 saturated carbocycles. The Morgan fingerprint density at radius 3 is 2.76 bits per heavy atom. The summed E-state index contributed by atoms with van der Waals surface area (Å²) in [4.78, 5) is 22.8. The first-order valence-electron chi connectivity index (χ1n) is 10.7. The second kappa shape index (κ2) is 9.23. The lowest BCUT2D eigenvalue weighted by Gasteiger charge is -2.33. The SMILES string of the molecule is C[C@@H]1CCCCN1Cc1ccccc1CNC(=O)CCc1nc2ccccc2[nH]1. The molecule has 1 saturated heterocycles. The van der Waals surface area contributed by atoms with Gasteiger partial charge in [-0.15, -0.1) is 0 Å². The molecule has 0 unspecified atom stereocenters. The largest absolute Gasteiger partial charge is 0.352 e. The molecule has 152 valence electrons. The number of aryl methyl sites for hydroxylation is 1. The number of aromatic nitrogens is 2. The van der Waals surface area contributed by atoms with Crippen molar-refractivity contribution >= 4 is 16.9 Å². The lowest BCUT2D eigenvalue weighted by Crippen LogP contribution is -2.37. The number of H-pyrrole nitrogens is 1. The number of hydrogen-bond acceptors (Lipinski definition) is 3. The average Bonchev–Trinajstić information content (AvgIpc) is 3.16. The van der Waals surface area contributed by atoms with Crippen molar-refractivity contribution in [3.05, 3.63) is 65.5 Å². The van der Waals surface area contributed by atoms with Crippen LogP contribution in [0.4, 0.5) is 0 Å². The smallest absolute Gasteiger partial charge is 0.220 e. The van der Waals surface area contributed by atoms with E-state index in [9.17, 15) is 4.79 Å². The normalized spacial score (nSPS) is 17.5. The number of para-hydroxylation sites is 2. The Morgan fingerprint density at radius 2 is 1.93 bits per heavy atom. The van der Waals surface area contributed by atoms with Gasteiger partial charge in [-0.3, -0.25) is 9.69 Å². The maximum Gasteiger partial charge on any atom is 0.220 e. The van der Waals surface area contributed by atoms with Gasteiger partial charge in [-0.2, -0.15) is 0 Å². The van der Waals surface area contributed by atoms with Crippen LogP contribution in [0.3, 0.4) is 0 Å². The number of imidazole rings is 1. The summed E-state index contributed by atoms with van der Waals surface area (Å²) in [5.41, 5.74) is 4.49. The molecular formula is C24H30N4O. The number of carbonyl (C=O) groups excluding carboxylic acids is 1. The van der Waals surface area contributed by atoms with Crippen LogP contribution in [0.25, 0.3) is 11.0 Å². The van der Waals surface area contributed by atoms with E-state index in [2.05, 4.69) is 51.4 Å². The number of nitrogens with one attached hydrogen (secondary N) is 2. The highest BCUT2D eigenvalue weighted by atomic mass is 16.1. The second-order valence-electron chi connectivity index (χ2n) is 8.06. The number of aromatic amines is 1. The van der Waals surface area contributed by atoms with Gasteiger partial charge in [0.1, 0.15) is 5.82 Å². The molecule has 3 aromatic rings. The molecule has 1 fully saturated rings. The quantitative estimate of drug-likeness (QED) is 0.636. The fourth-order valence-electron chi connectivity index (χ4n) is 4.13. The molecule has 0 radical (unpaired) electrons. The van der Waals surface area contributed by atoms with E-state index < -0.39 is 0 Å². The minimum Gasteiger partial charge on any atom is -0.352 e. The van der Waals surface area contributed by atoms with Crippen LogP contribution < -0.4 is 5.32 Å². The van der Waals surface area contributed by atoms with Crippen LogP contribution in [0.1, 0.15) is 49.6 Å². The predicted molar refractivity (Wildman–Crippen MR) is 116 cm³/mol. The van der Waals surface area contributed by atoms with Gasteiger partial charge in [-0.05, 0) is 49.6 Å². The van der Waals surface area contributed by atoms with Gasteiger partial charge >= 0.3 is 0 Å². The van der Waals surface area contributed by atoms with Crippen molar-refractivity contribution in [2.24, 2.45) is 0 Å². The summed E-state index contributed by atoms with van der Waals surface area (Å²) >= 11 is 0. The van der Waals surface area contributed by atoms with E-state index in [0.29, 0.717) is 25.4 Å². The first-order valence-corrected chi connectivity index (χ1v) is 10.7.